The van der Waals surface area contributed by atoms with Gasteiger partial charge in [-0.05, 0) is 30.2 Å². The summed E-state index contributed by atoms with van der Waals surface area (Å²) >= 11 is 1.45. The molecule has 1 aliphatic rings. The monoisotopic (exact) mass is 437 g/mol. The molecule has 4 rings (SSSR count). The molecule has 2 heterocycles. The van der Waals surface area contributed by atoms with Crippen molar-refractivity contribution in [1.29, 1.82) is 0 Å². The fourth-order valence-electron chi connectivity index (χ4n) is 3.69. The topological polar surface area (TPSA) is 53.5 Å². The van der Waals surface area contributed by atoms with Gasteiger partial charge < -0.3 is 9.80 Å². The maximum atomic E-state index is 13.0. The van der Waals surface area contributed by atoms with Crippen molar-refractivity contribution < 1.29 is 14.0 Å². The minimum atomic E-state index is -0.311. The number of halogens is 1. The zero-order valence-electron chi connectivity index (χ0n) is 17.4. The SMILES string of the molecule is Cc1nc(Cc2ccccc2)sc1C(=O)N1CCN(C(=O)Cc2ccc(F)cc2)CC1. The first-order valence-electron chi connectivity index (χ1n) is 10.3. The third kappa shape index (κ3) is 5.17. The molecule has 1 fully saturated rings. The van der Waals surface area contributed by atoms with Crippen LogP contribution in [0.15, 0.2) is 54.6 Å². The summed E-state index contributed by atoms with van der Waals surface area (Å²) in [5.41, 5.74) is 2.72. The molecule has 0 aliphatic carbocycles. The predicted molar refractivity (Wildman–Crippen MR) is 119 cm³/mol. The Labute approximate surface area is 185 Å². The van der Waals surface area contributed by atoms with Crippen LogP contribution >= 0.6 is 11.3 Å². The second kappa shape index (κ2) is 9.39. The summed E-state index contributed by atoms with van der Waals surface area (Å²) in [7, 11) is 0. The van der Waals surface area contributed by atoms with Crippen LogP contribution in [0.2, 0.25) is 0 Å². The Morgan fingerprint density at radius 3 is 2.26 bits per heavy atom. The molecule has 0 spiro atoms. The van der Waals surface area contributed by atoms with E-state index in [-0.39, 0.29) is 24.1 Å². The van der Waals surface area contributed by atoms with Crippen molar-refractivity contribution in [2.45, 2.75) is 19.8 Å². The first kappa shape index (κ1) is 21.2. The summed E-state index contributed by atoms with van der Waals surface area (Å²) in [6.07, 6.45) is 0.955. The number of benzene rings is 2. The molecule has 0 unspecified atom stereocenters. The Morgan fingerprint density at radius 2 is 1.58 bits per heavy atom. The van der Waals surface area contributed by atoms with Gasteiger partial charge >= 0.3 is 0 Å². The van der Waals surface area contributed by atoms with Gasteiger partial charge in [-0.25, -0.2) is 9.37 Å². The van der Waals surface area contributed by atoms with Crippen LogP contribution in [0.25, 0.3) is 0 Å². The summed E-state index contributed by atoms with van der Waals surface area (Å²) in [6.45, 7) is 3.88. The van der Waals surface area contributed by atoms with Crippen LogP contribution in [0.1, 0.15) is 31.5 Å². The zero-order chi connectivity index (χ0) is 21.8. The lowest BCUT2D eigenvalue weighted by atomic mass is 10.1. The quantitative estimate of drug-likeness (QED) is 0.612. The van der Waals surface area contributed by atoms with E-state index >= 15 is 0 Å². The van der Waals surface area contributed by atoms with Crippen molar-refractivity contribution >= 4 is 23.2 Å². The number of hydrogen-bond acceptors (Lipinski definition) is 4. The van der Waals surface area contributed by atoms with Crippen LogP contribution in [0.5, 0.6) is 0 Å². The van der Waals surface area contributed by atoms with Crippen LogP contribution in [0.4, 0.5) is 4.39 Å². The number of aromatic nitrogens is 1. The van der Waals surface area contributed by atoms with Gasteiger partial charge in [-0.1, -0.05) is 42.5 Å². The summed E-state index contributed by atoms with van der Waals surface area (Å²) in [5, 5.41) is 0.931. The van der Waals surface area contributed by atoms with E-state index in [1.807, 2.05) is 25.1 Å². The van der Waals surface area contributed by atoms with Crippen molar-refractivity contribution in [1.82, 2.24) is 14.8 Å². The Hall–Kier alpha value is -3.06. The van der Waals surface area contributed by atoms with Crippen molar-refractivity contribution in [3.63, 3.8) is 0 Å². The molecule has 2 aromatic carbocycles. The first-order valence-corrected chi connectivity index (χ1v) is 11.1. The minimum Gasteiger partial charge on any atom is -0.339 e. The van der Waals surface area contributed by atoms with Gasteiger partial charge in [0.05, 0.1) is 17.1 Å². The van der Waals surface area contributed by atoms with E-state index in [9.17, 15) is 14.0 Å². The average molecular weight is 438 g/mol. The molecule has 31 heavy (non-hydrogen) atoms. The van der Waals surface area contributed by atoms with Gasteiger partial charge in [0.2, 0.25) is 5.91 Å². The Bertz CT molecular complexity index is 1060. The molecule has 160 valence electrons. The number of hydrogen-bond donors (Lipinski definition) is 0. The molecular weight excluding hydrogens is 413 g/mol. The molecule has 1 saturated heterocycles. The summed E-state index contributed by atoms with van der Waals surface area (Å²) in [4.78, 5) is 34.4. The van der Waals surface area contributed by atoms with Gasteiger partial charge in [0.1, 0.15) is 10.7 Å². The summed E-state index contributed by atoms with van der Waals surface area (Å²) < 4.78 is 13.0. The van der Waals surface area contributed by atoms with E-state index in [1.165, 1.54) is 29.0 Å². The van der Waals surface area contributed by atoms with Crippen molar-refractivity contribution in [2.75, 3.05) is 26.2 Å². The van der Waals surface area contributed by atoms with E-state index in [4.69, 9.17) is 0 Å². The molecule has 3 aromatic rings. The summed E-state index contributed by atoms with van der Waals surface area (Å²) in [5.74, 6) is -0.327. The molecule has 0 N–H and O–H groups in total. The Kier molecular flexibility index (Phi) is 6.42. The number of piperazine rings is 1. The highest BCUT2D eigenvalue weighted by molar-refractivity contribution is 7.13. The molecule has 1 aromatic heterocycles. The second-order valence-electron chi connectivity index (χ2n) is 7.66. The normalized spacial score (nSPS) is 14.0. The highest BCUT2D eigenvalue weighted by atomic mass is 32.1. The van der Waals surface area contributed by atoms with Gasteiger partial charge in [-0.3, -0.25) is 9.59 Å². The smallest absolute Gasteiger partial charge is 0.265 e. The predicted octanol–water partition coefficient (Wildman–Crippen LogP) is 3.71. The van der Waals surface area contributed by atoms with E-state index < -0.39 is 0 Å². The lowest BCUT2D eigenvalue weighted by molar-refractivity contribution is -0.131. The first-order chi connectivity index (χ1) is 15.0. The third-order valence-corrected chi connectivity index (χ3v) is 6.57. The molecule has 7 heteroatoms. The van der Waals surface area contributed by atoms with E-state index in [0.29, 0.717) is 37.5 Å². The number of nitrogens with zero attached hydrogens (tertiary/aromatic N) is 3. The lowest BCUT2D eigenvalue weighted by Crippen LogP contribution is -2.51. The minimum absolute atomic E-state index is 0.00201. The number of carbonyl (C=O) groups is 2. The van der Waals surface area contributed by atoms with Crippen LogP contribution < -0.4 is 0 Å². The largest absolute Gasteiger partial charge is 0.339 e. The molecule has 0 saturated carbocycles. The van der Waals surface area contributed by atoms with Crippen molar-refractivity contribution in [3.05, 3.63) is 87.1 Å². The molecule has 0 atom stereocenters. The van der Waals surface area contributed by atoms with Crippen LogP contribution in [-0.4, -0.2) is 52.8 Å². The third-order valence-electron chi connectivity index (χ3n) is 5.42. The Morgan fingerprint density at radius 1 is 0.935 bits per heavy atom. The summed E-state index contributed by atoms with van der Waals surface area (Å²) in [6, 6.07) is 16.1. The molecule has 1 aliphatic heterocycles. The van der Waals surface area contributed by atoms with Crippen molar-refractivity contribution in [3.8, 4) is 0 Å². The molecule has 0 bridgehead atoms. The van der Waals surface area contributed by atoms with Gasteiger partial charge in [0, 0.05) is 32.6 Å². The standard InChI is InChI=1S/C24H24FN3O2S/c1-17-23(31-21(26-17)15-18-5-3-2-4-6-18)24(30)28-13-11-27(12-14-28)22(29)16-19-7-9-20(25)10-8-19/h2-10H,11-16H2,1H3. The highest BCUT2D eigenvalue weighted by Gasteiger charge is 2.27. The number of carbonyl (C=O) groups excluding carboxylic acids is 2. The fourth-order valence-corrected chi connectivity index (χ4v) is 4.75. The maximum absolute atomic E-state index is 13.0. The Balaban J connectivity index is 1.34. The number of aryl methyl sites for hydroxylation is 1. The molecule has 2 amide bonds. The van der Waals surface area contributed by atoms with Crippen molar-refractivity contribution in [2.24, 2.45) is 0 Å². The van der Waals surface area contributed by atoms with E-state index in [1.54, 1.807) is 21.9 Å². The lowest BCUT2D eigenvalue weighted by Gasteiger charge is -2.34. The fraction of sp³-hybridized carbons (Fsp3) is 0.292. The molecule has 0 radical (unpaired) electrons. The van der Waals surface area contributed by atoms with Gasteiger partial charge in [0.15, 0.2) is 0 Å². The second-order valence-corrected chi connectivity index (χ2v) is 8.74. The highest BCUT2D eigenvalue weighted by Crippen LogP contribution is 2.23. The van der Waals surface area contributed by atoms with E-state index in [0.717, 1.165) is 16.3 Å². The number of amides is 2. The molecular formula is C24H24FN3O2S. The zero-order valence-corrected chi connectivity index (χ0v) is 18.2. The number of thiazole rings is 1. The number of rotatable bonds is 5. The molecule has 5 nitrogen and oxygen atoms in total. The van der Waals surface area contributed by atoms with E-state index in [2.05, 4.69) is 17.1 Å². The van der Waals surface area contributed by atoms with Crippen LogP contribution in [-0.2, 0) is 17.6 Å². The van der Waals surface area contributed by atoms with Crippen LogP contribution in [0, 0.1) is 12.7 Å². The maximum Gasteiger partial charge on any atom is 0.265 e. The van der Waals surface area contributed by atoms with Gasteiger partial charge in [-0.15, -0.1) is 11.3 Å². The average Bonchev–Trinajstić information content (AvgIpc) is 3.15. The van der Waals surface area contributed by atoms with Crippen LogP contribution in [0.3, 0.4) is 0 Å². The van der Waals surface area contributed by atoms with Gasteiger partial charge in [0.25, 0.3) is 5.91 Å². The van der Waals surface area contributed by atoms with Gasteiger partial charge in [-0.2, -0.15) is 0 Å².